The van der Waals surface area contributed by atoms with E-state index in [2.05, 4.69) is 25.7 Å². The van der Waals surface area contributed by atoms with Gasteiger partial charge in [-0.3, -0.25) is 0 Å². The molecule has 1 aliphatic rings. The molecule has 0 radical (unpaired) electrons. The maximum atomic E-state index is 5.89. The fourth-order valence-electron chi connectivity index (χ4n) is 2.49. The molecule has 1 saturated heterocycles. The molecule has 3 heterocycles. The Kier molecular flexibility index (Phi) is 5.68. The van der Waals surface area contributed by atoms with Crippen molar-refractivity contribution in [3.8, 4) is 11.5 Å². The molecule has 3 aromatic rings. The Balaban J connectivity index is 1.29. The summed E-state index contributed by atoms with van der Waals surface area (Å²) in [6, 6.07) is 7.29. The number of thioether (sulfide) groups is 1. The van der Waals surface area contributed by atoms with Crippen molar-refractivity contribution in [1.82, 2.24) is 20.3 Å². The van der Waals surface area contributed by atoms with Gasteiger partial charge < -0.3 is 14.6 Å². The minimum absolute atomic E-state index is 0.278. The molecule has 10 heteroatoms. The van der Waals surface area contributed by atoms with Crippen LogP contribution in [0.15, 0.2) is 33.1 Å². The summed E-state index contributed by atoms with van der Waals surface area (Å²) in [5.74, 6) is 1.66. The van der Waals surface area contributed by atoms with Crippen molar-refractivity contribution in [2.75, 3.05) is 18.5 Å². The summed E-state index contributed by atoms with van der Waals surface area (Å²) < 4.78 is 11.7. The lowest BCUT2D eigenvalue weighted by atomic mass is 10.2. The average molecular weight is 410 g/mol. The van der Waals surface area contributed by atoms with Crippen molar-refractivity contribution in [2.45, 2.75) is 29.0 Å². The van der Waals surface area contributed by atoms with E-state index in [0.29, 0.717) is 22.5 Å². The first-order valence-corrected chi connectivity index (χ1v) is 10.3. The van der Waals surface area contributed by atoms with Gasteiger partial charge in [-0.1, -0.05) is 39.9 Å². The van der Waals surface area contributed by atoms with Crippen LogP contribution in [0.2, 0.25) is 5.02 Å². The number of ether oxygens (including phenoxy) is 1. The molecule has 0 unspecified atom stereocenters. The molecule has 0 amide bonds. The molecular weight excluding hydrogens is 394 g/mol. The first-order chi connectivity index (χ1) is 12.8. The summed E-state index contributed by atoms with van der Waals surface area (Å²) >= 11 is 8.93. The van der Waals surface area contributed by atoms with E-state index in [1.54, 1.807) is 12.1 Å². The SMILES string of the molecule is Clc1ccc(-c2nc(CSc3nnc(NC[C@@H]4CCCO4)s3)no2)cc1. The third-order valence-electron chi connectivity index (χ3n) is 3.80. The molecule has 1 aliphatic heterocycles. The molecule has 4 rings (SSSR count). The topological polar surface area (TPSA) is 86.0 Å². The lowest BCUT2D eigenvalue weighted by Gasteiger charge is -2.08. The van der Waals surface area contributed by atoms with Crippen LogP contribution in [-0.4, -0.2) is 39.6 Å². The van der Waals surface area contributed by atoms with E-state index in [9.17, 15) is 0 Å². The largest absolute Gasteiger partial charge is 0.376 e. The molecule has 26 heavy (non-hydrogen) atoms. The number of nitrogens with zero attached hydrogens (tertiary/aromatic N) is 4. The molecule has 2 aromatic heterocycles. The van der Waals surface area contributed by atoms with Crippen LogP contribution >= 0.6 is 34.7 Å². The van der Waals surface area contributed by atoms with Crippen molar-refractivity contribution in [3.05, 3.63) is 35.1 Å². The quantitative estimate of drug-likeness (QED) is 0.583. The molecule has 0 bridgehead atoms. The molecule has 0 saturated carbocycles. The standard InChI is InChI=1S/C16H16ClN5O2S2/c17-11-5-3-10(4-6-11)14-19-13(22-24-14)9-25-16-21-20-15(26-16)18-8-12-2-1-7-23-12/h3-6,12H,1-2,7-9H2,(H,18,20)/t12-/m0/s1. The smallest absolute Gasteiger partial charge is 0.257 e. The van der Waals surface area contributed by atoms with Gasteiger partial charge in [-0.15, -0.1) is 10.2 Å². The average Bonchev–Trinajstić information content (AvgIpc) is 3.40. The first kappa shape index (κ1) is 17.7. The van der Waals surface area contributed by atoms with Gasteiger partial charge in [0.05, 0.1) is 11.9 Å². The van der Waals surface area contributed by atoms with Gasteiger partial charge >= 0.3 is 0 Å². The fraction of sp³-hybridized carbons (Fsp3) is 0.375. The van der Waals surface area contributed by atoms with Crippen LogP contribution in [0.4, 0.5) is 5.13 Å². The second-order valence-corrected chi connectivity index (χ2v) is 8.34. The number of anilines is 1. The number of hydrogen-bond donors (Lipinski definition) is 1. The van der Waals surface area contributed by atoms with Gasteiger partial charge in [0.15, 0.2) is 10.2 Å². The van der Waals surface area contributed by atoms with E-state index in [4.69, 9.17) is 20.9 Å². The highest BCUT2D eigenvalue weighted by atomic mass is 35.5. The Morgan fingerprint density at radius 3 is 2.96 bits per heavy atom. The zero-order valence-electron chi connectivity index (χ0n) is 13.7. The van der Waals surface area contributed by atoms with Crippen LogP contribution in [0.1, 0.15) is 18.7 Å². The predicted octanol–water partition coefficient (Wildman–Crippen LogP) is 4.12. The van der Waals surface area contributed by atoms with Crippen LogP contribution in [-0.2, 0) is 10.5 Å². The maximum absolute atomic E-state index is 5.89. The fourth-order valence-corrected chi connectivity index (χ4v) is 4.22. The van der Waals surface area contributed by atoms with Gasteiger partial charge in [-0.2, -0.15) is 4.98 Å². The second kappa shape index (κ2) is 8.34. The van der Waals surface area contributed by atoms with Crippen LogP contribution in [0, 0.1) is 0 Å². The van der Waals surface area contributed by atoms with Crippen LogP contribution in [0.3, 0.4) is 0 Å². The molecule has 1 N–H and O–H groups in total. The van der Waals surface area contributed by atoms with Crippen LogP contribution < -0.4 is 5.32 Å². The van der Waals surface area contributed by atoms with Gasteiger partial charge in [-0.25, -0.2) is 0 Å². The lowest BCUT2D eigenvalue weighted by molar-refractivity contribution is 0.120. The molecule has 1 aromatic carbocycles. The number of rotatable bonds is 7. The third kappa shape index (κ3) is 4.53. The summed E-state index contributed by atoms with van der Waals surface area (Å²) in [6.45, 7) is 1.63. The Labute approximate surface area is 163 Å². The van der Waals surface area contributed by atoms with Crippen LogP contribution in [0.25, 0.3) is 11.5 Å². The molecule has 1 atom stereocenters. The van der Waals surface area contributed by atoms with Crippen molar-refractivity contribution in [3.63, 3.8) is 0 Å². The number of halogens is 1. The number of nitrogens with one attached hydrogen (secondary N) is 1. The van der Waals surface area contributed by atoms with E-state index in [-0.39, 0.29) is 6.10 Å². The minimum Gasteiger partial charge on any atom is -0.376 e. The number of aromatic nitrogens is 4. The van der Waals surface area contributed by atoms with E-state index < -0.39 is 0 Å². The summed E-state index contributed by atoms with van der Waals surface area (Å²) in [6.07, 6.45) is 2.51. The summed E-state index contributed by atoms with van der Waals surface area (Å²) in [5, 5.41) is 17.1. The number of benzene rings is 1. The van der Waals surface area contributed by atoms with E-state index in [0.717, 1.165) is 41.0 Å². The summed E-state index contributed by atoms with van der Waals surface area (Å²) in [4.78, 5) is 4.40. The highest BCUT2D eigenvalue weighted by molar-refractivity contribution is 8.00. The molecular formula is C16H16ClN5O2S2. The summed E-state index contributed by atoms with van der Waals surface area (Å²) in [5.41, 5.74) is 0.842. The summed E-state index contributed by atoms with van der Waals surface area (Å²) in [7, 11) is 0. The number of hydrogen-bond acceptors (Lipinski definition) is 9. The Hall–Kier alpha value is -1.68. The van der Waals surface area contributed by atoms with Crippen molar-refractivity contribution < 1.29 is 9.26 Å². The van der Waals surface area contributed by atoms with E-state index in [1.165, 1.54) is 23.1 Å². The first-order valence-electron chi connectivity index (χ1n) is 8.16. The molecule has 0 spiro atoms. The molecule has 7 nitrogen and oxygen atoms in total. The van der Waals surface area contributed by atoms with Gasteiger partial charge in [0.25, 0.3) is 5.89 Å². The van der Waals surface area contributed by atoms with Crippen molar-refractivity contribution in [1.29, 1.82) is 0 Å². The highest BCUT2D eigenvalue weighted by Gasteiger charge is 2.16. The molecule has 1 fully saturated rings. The highest BCUT2D eigenvalue weighted by Crippen LogP contribution is 2.28. The Morgan fingerprint density at radius 2 is 2.15 bits per heavy atom. The van der Waals surface area contributed by atoms with Crippen molar-refractivity contribution in [2.24, 2.45) is 0 Å². The Morgan fingerprint density at radius 1 is 1.27 bits per heavy atom. The zero-order chi connectivity index (χ0) is 17.8. The maximum Gasteiger partial charge on any atom is 0.257 e. The van der Waals surface area contributed by atoms with Gasteiger partial charge in [-0.05, 0) is 37.1 Å². The van der Waals surface area contributed by atoms with Crippen molar-refractivity contribution >= 4 is 39.8 Å². The monoisotopic (exact) mass is 409 g/mol. The van der Waals surface area contributed by atoms with Gasteiger partial charge in [0.1, 0.15) is 0 Å². The second-order valence-electron chi connectivity index (χ2n) is 5.70. The van der Waals surface area contributed by atoms with E-state index >= 15 is 0 Å². The van der Waals surface area contributed by atoms with E-state index in [1.807, 2.05) is 12.1 Å². The van der Waals surface area contributed by atoms with Gasteiger partial charge in [0.2, 0.25) is 5.13 Å². The van der Waals surface area contributed by atoms with Gasteiger partial charge in [0, 0.05) is 23.7 Å². The van der Waals surface area contributed by atoms with Crippen LogP contribution in [0.5, 0.6) is 0 Å². The zero-order valence-corrected chi connectivity index (χ0v) is 16.1. The molecule has 136 valence electrons. The Bertz CT molecular complexity index is 848. The normalized spacial score (nSPS) is 16.9. The minimum atomic E-state index is 0.278. The predicted molar refractivity (Wildman–Crippen MR) is 102 cm³/mol. The lowest BCUT2D eigenvalue weighted by Crippen LogP contribution is -2.18. The third-order valence-corrected chi connectivity index (χ3v) is 6.06. The molecule has 0 aliphatic carbocycles.